The molecule has 2 fully saturated rings. The summed E-state index contributed by atoms with van der Waals surface area (Å²) in [6.45, 7) is 33.6. The summed E-state index contributed by atoms with van der Waals surface area (Å²) in [4.78, 5) is 17.0. The van der Waals surface area contributed by atoms with E-state index < -0.39 is 16.6 Å². The van der Waals surface area contributed by atoms with Gasteiger partial charge in [-0.25, -0.2) is 4.79 Å². The molecule has 45 heavy (non-hydrogen) atoms. The number of fused-ring (bicyclic) bond motifs is 4. The van der Waals surface area contributed by atoms with Gasteiger partial charge in [-0.15, -0.1) is 0 Å². The van der Waals surface area contributed by atoms with E-state index in [4.69, 9.17) is 13.6 Å². The summed E-state index contributed by atoms with van der Waals surface area (Å²) >= 11 is 0. The molecule has 5 atom stereocenters. The first-order valence-corrected chi connectivity index (χ1v) is 22.9. The molecule has 248 valence electrons. The van der Waals surface area contributed by atoms with Crippen molar-refractivity contribution in [2.24, 2.45) is 17.3 Å². The van der Waals surface area contributed by atoms with Crippen LogP contribution in [0.2, 0.25) is 36.3 Å². The van der Waals surface area contributed by atoms with Gasteiger partial charge in [-0.2, -0.15) is 0 Å². The second-order valence-corrected chi connectivity index (χ2v) is 27.4. The number of cyclic esters (lactones) is 1. The molecule has 0 bridgehead atoms. The highest BCUT2D eigenvalue weighted by atomic mass is 28.4. The van der Waals surface area contributed by atoms with Gasteiger partial charge in [0.25, 0.3) is 0 Å². The molecule has 1 N–H and O–H groups in total. The van der Waals surface area contributed by atoms with Gasteiger partial charge >= 0.3 is 5.97 Å². The van der Waals surface area contributed by atoms with Gasteiger partial charge in [0.05, 0.1) is 5.57 Å². The Morgan fingerprint density at radius 1 is 1.04 bits per heavy atom. The van der Waals surface area contributed by atoms with Gasteiger partial charge < -0.3 is 18.6 Å². The smallest absolute Gasteiger partial charge is 0.336 e. The predicted octanol–water partition coefficient (Wildman–Crippen LogP) is 9.86. The van der Waals surface area contributed by atoms with Crippen molar-refractivity contribution in [3.8, 4) is 0 Å². The van der Waals surface area contributed by atoms with Crippen molar-refractivity contribution in [1.29, 1.82) is 0 Å². The third-order valence-corrected chi connectivity index (χ3v) is 21.8. The Morgan fingerprint density at radius 2 is 1.69 bits per heavy atom. The zero-order valence-corrected chi connectivity index (χ0v) is 32.2. The molecule has 5 rings (SSSR count). The van der Waals surface area contributed by atoms with Gasteiger partial charge in [-0.3, -0.25) is 0 Å². The Kier molecular flexibility index (Phi) is 8.67. The van der Waals surface area contributed by atoms with E-state index in [1.54, 1.807) is 0 Å². The van der Waals surface area contributed by atoms with Gasteiger partial charge in [0.15, 0.2) is 16.6 Å². The Balaban J connectivity index is 1.54. The Hall–Kier alpha value is -1.94. The van der Waals surface area contributed by atoms with Crippen molar-refractivity contribution in [2.75, 3.05) is 13.2 Å². The van der Waals surface area contributed by atoms with E-state index in [2.05, 4.69) is 123 Å². The largest absolute Gasteiger partial charge is 0.459 e. The minimum atomic E-state index is -2.09. The molecule has 0 radical (unpaired) electrons. The maximum absolute atomic E-state index is 13.1. The number of hydrogen-bond donors (Lipinski definition) is 1. The lowest BCUT2D eigenvalue weighted by atomic mass is 9.46. The highest BCUT2D eigenvalue weighted by Gasteiger charge is 2.58. The maximum Gasteiger partial charge on any atom is 0.336 e. The minimum absolute atomic E-state index is 0.0474. The molecule has 1 aromatic carbocycles. The van der Waals surface area contributed by atoms with E-state index in [0.29, 0.717) is 24.7 Å². The zero-order chi connectivity index (χ0) is 33.4. The Morgan fingerprint density at radius 3 is 2.33 bits per heavy atom. The molecule has 1 saturated heterocycles. The summed E-state index contributed by atoms with van der Waals surface area (Å²) in [6.07, 6.45) is 5.69. The van der Waals surface area contributed by atoms with Crippen molar-refractivity contribution < 1.29 is 18.4 Å². The number of rotatable bonds is 7. The Labute approximate surface area is 274 Å². The van der Waals surface area contributed by atoms with Gasteiger partial charge in [0, 0.05) is 28.6 Å². The van der Waals surface area contributed by atoms with Crippen LogP contribution in [0.4, 0.5) is 0 Å². The lowest BCUT2D eigenvalue weighted by Crippen LogP contribution is -2.57. The molecule has 1 aliphatic heterocycles. The van der Waals surface area contributed by atoms with E-state index in [9.17, 15) is 4.79 Å². The number of carbonyl (C=O) groups is 1. The lowest BCUT2D eigenvalue weighted by molar-refractivity contribution is -0.135. The Bertz CT molecular complexity index is 1510. The summed E-state index contributed by atoms with van der Waals surface area (Å²) in [5.41, 5.74) is 5.77. The molecule has 2 heterocycles. The summed E-state index contributed by atoms with van der Waals surface area (Å²) in [5.74, 6) is 0.413. The number of carbonyl (C=O) groups excluding carboxylic acids is 1. The van der Waals surface area contributed by atoms with Gasteiger partial charge in [-0.1, -0.05) is 91.8 Å². The molecule has 5 nitrogen and oxygen atoms in total. The van der Waals surface area contributed by atoms with Crippen LogP contribution >= 0.6 is 0 Å². The standard InChI is InChI=1S/C38H59NO4Si2/c1-25-18-21-32-37(8,29(25)20-19-27-31(23-41-34(27)40)43-45(12,13)36(5,6)7)22-28-26-16-14-15-17-30(26)39-33(28)38(32,9)24-42-44(10,11)35(2,3)4/h14-17,19,29,31-32,39H,1,18,20-24H2,2-13H3/b27-19+/t29-,31-,32+,37+,38+/m1/s1. The molecule has 0 spiro atoms. The van der Waals surface area contributed by atoms with Crippen LogP contribution in [0.3, 0.4) is 0 Å². The van der Waals surface area contributed by atoms with Gasteiger partial charge in [0.2, 0.25) is 0 Å². The average Bonchev–Trinajstić information content (AvgIpc) is 3.46. The van der Waals surface area contributed by atoms with Crippen LogP contribution in [0.15, 0.2) is 48.1 Å². The number of nitrogens with one attached hydrogen (secondary N) is 1. The topological polar surface area (TPSA) is 60.6 Å². The first kappa shape index (κ1) is 34.4. The van der Waals surface area contributed by atoms with E-state index in [0.717, 1.165) is 25.7 Å². The van der Waals surface area contributed by atoms with Crippen LogP contribution in [-0.4, -0.2) is 46.9 Å². The number of aromatic amines is 1. The molecular formula is C38H59NO4Si2. The number of H-pyrrole nitrogens is 1. The first-order valence-electron chi connectivity index (χ1n) is 17.1. The highest BCUT2D eigenvalue weighted by molar-refractivity contribution is 6.74. The van der Waals surface area contributed by atoms with Crippen LogP contribution < -0.4 is 0 Å². The quantitative estimate of drug-likeness (QED) is 0.140. The van der Waals surface area contributed by atoms with Crippen molar-refractivity contribution in [3.05, 3.63) is 59.3 Å². The van der Waals surface area contributed by atoms with Crippen molar-refractivity contribution >= 4 is 33.5 Å². The van der Waals surface area contributed by atoms with E-state index in [1.165, 1.54) is 27.7 Å². The van der Waals surface area contributed by atoms with Crippen molar-refractivity contribution in [3.63, 3.8) is 0 Å². The fourth-order valence-electron chi connectivity index (χ4n) is 7.96. The molecule has 7 heteroatoms. The van der Waals surface area contributed by atoms with Crippen molar-refractivity contribution in [2.45, 2.75) is 129 Å². The third-order valence-electron chi connectivity index (χ3n) is 12.9. The monoisotopic (exact) mass is 649 g/mol. The van der Waals surface area contributed by atoms with Crippen LogP contribution in [0.1, 0.15) is 85.9 Å². The van der Waals surface area contributed by atoms with E-state index >= 15 is 0 Å². The second kappa shape index (κ2) is 11.3. The van der Waals surface area contributed by atoms with Gasteiger partial charge in [-0.05, 0) is 90.8 Å². The van der Waals surface area contributed by atoms with Crippen molar-refractivity contribution in [1.82, 2.24) is 4.98 Å². The van der Waals surface area contributed by atoms with E-state index in [1.807, 2.05) is 0 Å². The summed E-state index contributed by atoms with van der Waals surface area (Å²) in [5, 5.41) is 1.51. The number of allylic oxidation sites excluding steroid dienone is 2. The molecule has 3 aliphatic rings. The number of esters is 1. The van der Waals surface area contributed by atoms with Crippen LogP contribution in [0.25, 0.3) is 10.9 Å². The van der Waals surface area contributed by atoms with Crippen LogP contribution in [-0.2, 0) is 30.2 Å². The number of hydrogen-bond acceptors (Lipinski definition) is 4. The van der Waals surface area contributed by atoms with Crippen LogP contribution in [0.5, 0.6) is 0 Å². The summed E-state index contributed by atoms with van der Waals surface area (Å²) in [7, 11) is -4.08. The highest BCUT2D eigenvalue weighted by Crippen LogP contribution is 2.62. The van der Waals surface area contributed by atoms with Crippen LogP contribution in [0, 0.1) is 17.3 Å². The fraction of sp³-hybridized carbons (Fsp3) is 0.658. The number of ether oxygens (including phenoxy) is 1. The predicted molar refractivity (Wildman–Crippen MR) is 192 cm³/mol. The lowest BCUT2D eigenvalue weighted by Gasteiger charge is -2.59. The number of aromatic nitrogens is 1. The molecule has 2 aromatic rings. The summed E-state index contributed by atoms with van der Waals surface area (Å²) in [6, 6.07) is 8.77. The SMILES string of the molecule is C=C1CC[C@H]2[C@@](C)(Cc3c([nH]c4ccccc34)[C@@]2(C)CO[Si](C)(C)C(C)(C)C)[C@@H]1C/C=C1/C(=O)OC[C@H]1O[Si](C)(C)C(C)(C)C. The normalized spacial score (nSPS) is 30.5. The summed E-state index contributed by atoms with van der Waals surface area (Å²) < 4.78 is 19.4. The molecule has 0 unspecified atom stereocenters. The fourth-order valence-corrected chi connectivity index (χ4v) is 10.3. The zero-order valence-electron chi connectivity index (χ0n) is 30.2. The number of benzene rings is 1. The molecular weight excluding hydrogens is 591 g/mol. The first-order chi connectivity index (χ1) is 20.6. The molecule has 1 saturated carbocycles. The minimum Gasteiger partial charge on any atom is -0.459 e. The molecule has 2 aliphatic carbocycles. The average molecular weight is 650 g/mol. The number of para-hydroxylation sites is 1. The van der Waals surface area contributed by atoms with E-state index in [-0.39, 0.29) is 38.9 Å². The molecule has 0 amide bonds. The maximum atomic E-state index is 13.1. The third kappa shape index (κ3) is 5.89. The molecule has 1 aromatic heterocycles. The van der Waals surface area contributed by atoms with Gasteiger partial charge in [0.1, 0.15) is 12.7 Å². The second-order valence-electron chi connectivity index (χ2n) is 17.8.